The Morgan fingerprint density at radius 3 is 1.67 bits per heavy atom. The van der Waals surface area contributed by atoms with E-state index in [1.165, 1.54) is 11.1 Å². The van der Waals surface area contributed by atoms with Crippen LogP contribution in [0.1, 0.15) is 36.3 Å². The van der Waals surface area contributed by atoms with Crippen molar-refractivity contribution in [3.05, 3.63) is 71.8 Å². The van der Waals surface area contributed by atoms with Crippen molar-refractivity contribution in [2.45, 2.75) is 25.2 Å². The van der Waals surface area contributed by atoms with E-state index in [0.29, 0.717) is 5.92 Å². The van der Waals surface area contributed by atoms with Crippen molar-refractivity contribution in [3.63, 3.8) is 0 Å². The maximum Gasteiger partial charge on any atom is 0.0431 e. The summed E-state index contributed by atoms with van der Waals surface area (Å²) in [5, 5.41) is 8.92. The highest BCUT2D eigenvalue weighted by Crippen LogP contribution is 2.29. The van der Waals surface area contributed by atoms with Crippen LogP contribution < -0.4 is 0 Å². The lowest BCUT2D eigenvalue weighted by Crippen LogP contribution is -2.01. The number of benzene rings is 2. The van der Waals surface area contributed by atoms with Gasteiger partial charge < -0.3 is 5.11 Å². The monoisotopic (exact) mass is 240 g/mol. The number of aliphatic hydroxyl groups is 1. The number of hydrogen-bond acceptors (Lipinski definition) is 1. The Morgan fingerprint density at radius 1 is 0.722 bits per heavy atom. The molecule has 0 aliphatic carbocycles. The third-order valence-corrected chi connectivity index (χ3v) is 3.30. The molecule has 0 atom stereocenters. The van der Waals surface area contributed by atoms with Crippen LogP contribution in [-0.2, 0) is 0 Å². The molecule has 0 saturated carbocycles. The third kappa shape index (κ3) is 3.44. The highest BCUT2D eigenvalue weighted by Gasteiger charge is 2.12. The Morgan fingerprint density at radius 2 is 1.22 bits per heavy atom. The molecule has 0 aromatic heterocycles. The maximum absolute atomic E-state index is 8.92. The molecule has 0 heterocycles. The molecule has 94 valence electrons. The minimum absolute atomic E-state index is 0.288. The molecule has 2 aromatic carbocycles. The van der Waals surface area contributed by atoms with Crippen LogP contribution in [0.5, 0.6) is 0 Å². The van der Waals surface area contributed by atoms with E-state index in [2.05, 4.69) is 60.7 Å². The first kappa shape index (κ1) is 12.8. The molecule has 0 fully saturated rings. The second-order valence-corrected chi connectivity index (χ2v) is 4.59. The van der Waals surface area contributed by atoms with Crippen LogP contribution in [0.4, 0.5) is 0 Å². The molecule has 1 N–H and O–H groups in total. The van der Waals surface area contributed by atoms with E-state index < -0.39 is 0 Å². The Balaban J connectivity index is 2.18. The van der Waals surface area contributed by atoms with Gasteiger partial charge >= 0.3 is 0 Å². The highest BCUT2D eigenvalue weighted by atomic mass is 16.2. The summed E-state index contributed by atoms with van der Waals surface area (Å²) in [6.07, 6.45) is 3.04. The summed E-state index contributed by atoms with van der Waals surface area (Å²) in [5.74, 6) is 0.443. The topological polar surface area (TPSA) is 20.2 Å². The molecule has 0 radical (unpaired) electrons. The van der Waals surface area contributed by atoms with Crippen LogP contribution >= 0.6 is 0 Å². The predicted octanol–water partition coefficient (Wildman–Crippen LogP) is 3.98. The number of aliphatic hydroxyl groups excluding tert-OH is 1. The highest BCUT2D eigenvalue weighted by molar-refractivity contribution is 5.32. The SMILES string of the molecule is OCCCCC(c1ccccc1)c1ccccc1. The van der Waals surface area contributed by atoms with Gasteiger partial charge in [-0.15, -0.1) is 0 Å². The van der Waals surface area contributed by atoms with Gasteiger partial charge in [0.2, 0.25) is 0 Å². The number of hydrogen-bond donors (Lipinski definition) is 1. The summed E-state index contributed by atoms with van der Waals surface area (Å²) in [7, 11) is 0. The van der Waals surface area contributed by atoms with Gasteiger partial charge in [0, 0.05) is 12.5 Å². The van der Waals surface area contributed by atoms with Gasteiger partial charge in [0.15, 0.2) is 0 Å². The molecule has 1 nitrogen and oxygen atoms in total. The summed E-state index contributed by atoms with van der Waals surface area (Å²) >= 11 is 0. The predicted molar refractivity (Wildman–Crippen MR) is 75.7 cm³/mol. The van der Waals surface area contributed by atoms with E-state index in [4.69, 9.17) is 5.11 Å². The molecule has 0 unspecified atom stereocenters. The van der Waals surface area contributed by atoms with Gasteiger partial charge in [0.25, 0.3) is 0 Å². The molecule has 0 saturated heterocycles. The fourth-order valence-corrected chi connectivity index (χ4v) is 2.36. The first-order valence-corrected chi connectivity index (χ1v) is 6.62. The van der Waals surface area contributed by atoms with Crippen molar-refractivity contribution in [2.24, 2.45) is 0 Å². The van der Waals surface area contributed by atoms with Crippen molar-refractivity contribution in [3.8, 4) is 0 Å². The van der Waals surface area contributed by atoms with Crippen LogP contribution in [0.2, 0.25) is 0 Å². The summed E-state index contributed by atoms with van der Waals surface area (Å²) in [6, 6.07) is 21.3. The van der Waals surface area contributed by atoms with E-state index in [0.717, 1.165) is 19.3 Å². The summed E-state index contributed by atoms with van der Waals surface area (Å²) < 4.78 is 0. The van der Waals surface area contributed by atoms with E-state index >= 15 is 0 Å². The van der Waals surface area contributed by atoms with Crippen LogP contribution in [0, 0.1) is 0 Å². The zero-order valence-electron chi connectivity index (χ0n) is 10.6. The van der Waals surface area contributed by atoms with Crippen LogP contribution in [0.25, 0.3) is 0 Å². The standard InChI is InChI=1S/C17H20O/c18-14-8-7-13-17(15-9-3-1-4-10-15)16-11-5-2-6-12-16/h1-6,9-12,17-18H,7-8,13-14H2. The molecule has 2 aromatic rings. The van der Waals surface area contributed by atoms with Gasteiger partial charge in [-0.25, -0.2) is 0 Å². The van der Waals surface area contributed by atoms with Crippen LogP contribution in [0.3, 0.4) is 0 Å². The summed E-state index contributed by atoms with van der Waals surface area (Å²) in [6.45, 7) is 0.288. The molecule has 0 aliphatic heterocycles. The maximum atomic E-state index is 8.92. The average Bonchev–Trinajstić information content (AvgIpc) is 2.46. The molecule has 0 bridgehead atoms. The minimum Gasteiger partial charge on any atom is -0.396 e. The van der Waals surface area contributed by atoms with E-state index in [1.54, 1.807) is 0 Å². The van der Waals surface area contributed by atoms with Gasteiger partial charge in [-0.05, 0) is 24.0 Å². The van der Waals surface area contributed by atoms with Gasteiger partial charge in [-0.3, -0.25) is 0 Å². The molecule has 18 heavy (non-hydrogen) atoms. The fraction of sp³-hybridized carbons (Fsp3) is 0.294. The normalized spacial score (nSPS) is 10.8. The second kappa shape index (κ2) is 6.97. The first-order chi connectivity index (χ1) is 8.92. The van der Waals surface area contributed by atoms with Crippen molar-refractivity contribution >= 4 is 0 Å². The second-order valence-electron chi connectivity index (χ2n) is 4.59. The van der Waals surface area contributed by atoms with Gasteiger partial charge in [-0.1, -0.05) is 67.1 Å². The zero-order chi connectivity index (χ0) is 12.6. The smallest absolute Gasteiger partial charge is 0.0431 e. The first-order valence-electron chi connectivity index (χ1n) is 6.62. The summed E-state index contributed by atoms with van der Waals surface area (Å²) in [4.78, 5) is 0. The molecule has 1 heteroatoms. The summed E-state index contributed by atoms with van der Waals surface area (Å²) in [5.41, 5.74) is 2.73. The Labute approximate surface area is 109 Å². The van der Waals surface area contributed by atoms with Crippen LogP contribution in [0.15, 0.2) is 60.7 Å². The Hall–Kier alpha value is -1.60. The Kier molecular flexibility index (Phi) is 4.98. The van der Waals surface area contributed by atoms with Crippen molar-refractivity contribution in [2.75, 3.05) is 6.61 Å². The van der Waals surface area contributed by atoms with Gasteiger partial charge in [0.05, 0.1) is 0 Å². The molecule has 0 amide bonds. The lowest BCUT2D eigenvalue weighted by atomic mass is 9.87. The van der Waals surface area contributed by atoms with E-state index in [9.17, 15) is 0 Å². The third-order valence-electron chi connectivity index (χ3n) is 3.30. The molecule has 2 rings (SSSR count). The van der Waals surface area contributed by atoms with Crippen molar-refractivity contribution < 1.29 is 5.11 Å². The molecule has 0 aliphatic rings. The Bertz CT molecular complexity index is 396. The van der Waals surface area contributed by atoms with Gasteiger partial charge in [-0.2, -0.15) is 0 Å². The quantitative estimate of drug-likeness (QED) is 0.757. The molecular weight excluding hydrogens is 220 g/mol. The van der Waals surface area contributed by atoms with Gasteiger partial charge in [0.1, 0.15) is 0 Å². The van der Waals surface area contributed by atoms with E-state index in [-0.39, 0.29) is 6.61 Å². The van der Waals surface area contributed by atoms with Crippen LogP contribution in [-0.4, -0.2) is 11.7 Å². The van der Waals surface area contributed by atoms with Crippen molar-refractivity contribution in [1.82, 2.24) is 0 Å². The fourth-order valence-electron chi connectivity index (χ4n) is 2.36. The zero-order valence-corrected chi connectivity index (χ0v) is 10.6. The lowest BCUT2D eigenvalue weighted by Gasteiger charge is -2.17. The molecule has 0 spiro atoms. The largest absolute Gasteiger partial charge is 0.396 e. The van der Waals surface area contributed by atoms with Crippen molar-refractivity contribution in [1.29, 1.82) is 0 Å². The minimum atomic E-state index is 0.288. The lowest BCUT2D eigenvalue weighted by molar-refractivity contribution is 0.282. The van der Waals surface area contributed by atoms with E-state index in [1.807, 2.05) is 0 Å². The average molecular weight is 240 g/mol. The number of unbranched alkanes of at least 4 members (excludes halogenated alkanes) is 1. The molecular formula is C17H20O. The number of rotatable bonds is 6.